The van der Waals surface area contributed by atoms with Gasteiger partial charge in [-0.1, -0.05) is 5.34 Å². The first-order valence-corrected chi connectivity index (χ1v) is 6.75. The van der Waals surface area contributed by atoms with Gasteiger partial charge in [0.25, 0.3) is 0 Å². The average molecular weight is 261 g/mol. The van der Waals surface area contributed by atoms with E-state index in [-0.39, 0.29) is 0 Å². The maximum atomic E-state index is 5.89. The van der Waals surface area contributed by atoms with Crippen molar-refractivity contribution in [3.05, 3.63) is 17.7 Å². The third-order valence-corrected chi connectivity index (χ3v) is 3.43. The maximum Gasteiger partial charge on any atom is 0.174 e. The minimum Gasteiger partial charge on any atom is -0.493 e. The van der Waals surface area contributed by atoms with Crippen LogP contribution in [-0.4, -0.2) is 48.6 Å². The van der Waals surface area contributed by atoms with E-state index in [9.17, 15) is 0 Å². The summed E-state index contributed by atoms with van der Waals surface area (Å²) < 4.78 is 10.7. The van der Waals surface area contributed by atoms with Crippen LogP contribution in [0.25, 0.3) is 0 Å². The molecule has 0 amide bonds. The molecule has 1 aromatic rings. The number of benzene rings is 1. The van der Waals surface area contributed by atoms with E-state index in [0.717, 1.165) is 16.2 Å². The summed E-state index contributed by atoms with van der Waals surface area (Å²) in [7, 11) is 16.8. The average Bonchev–Trinajstić information content (AvgIpc) is 2.37. The van der Waals surface area contributed by atoms with Crippen LogP contribution in [0.5, 0.6) is 11.5 Å². The van der Waals surface area contributed by atoms with Gasteiger partial charge >= 0.3 is 0 Å². The number of methoxy groups -OCH3 is 2. The molecule has 0 aliphatic heterocycles. The Labute approximate surface area is 116 Å². The quantitative estimate of drug-likeness (QED) is 0.615. The fraction of sp³-hybridized carbons (Fsp3) is 0.500. The second-order valence-corrected chi connectivity index (χ2v) is 4.85. The highest BCUT2D eigenvalue weighted by Crippen LogP contribution is 2.38. The molecular weight excluding hydrogens is 244 g/mol. The summed E-state index contributed by atoms with van der Waals surface area (Å²) in [4.78, 5) is 0.999. The van der Waals surface area contributed by atoms with Gasteiger partial charge < -0.3 is 14.8 Å². The predicted molar refractivity (Wildman–Crippen MR) is 78.3 cm³/mol. The molecule has 0 aliphatic carbocycles. The van der Waals surface area contributed by atoms with Gasteiger partial charge in [0.2, 0.25) is 0 Å². The van der Waals surface area contributed by atoms with Crippen molar-refractivity contribution in [2.24, 2.45) is 0 Å². The van der Waals surface area contributed by atoms with Gasteiger partial charge in [-0.05, 0) is 37.4 Å². The zero-order valence-electron chi connectivity index (χ0n) is 11.2. The molecule has 0 heterocycles. The van der Waals surface area contributed by atoms with Gasteiger partial charge in [-0.15, -0.1) is 11.8 Å². The summed E-state index contributed by atoms with van der Waals surface area (Å²) >= 11 is 1.59. The second kappa shape index (κ2) is 6.43. The summed E-state index contributed by atoms with van der Waals surface area (Å²) in [5.74, 6) is 1.42. The van der Waals surface area contributed by atoms with Crippen molar-refractivity contribution in [3.63, 3.8) is 0 Å². The molecule has 0 spiro atoms. The number of likely N-dealkylation sites (N-methyl/N-ethyl adjacent to an activating group) is 1. The van der Waals surface area contributed by atoms with E-state index in [0.29, 0.717) is 12.2 Å². The summed E-state index contributed by atoms with van der Waals surface area (Å²) in [6.07, 6.45) is 2.48. The SMILES string of the molecule is [B]C([B])(Cc1cc(OC)c(OC)c(SC)c1)NC. The summed E-state index contributed by atoms with van der Waals surface area (Å²) in [6, 6.07) is 3.90. The molecule has 3 nitrogen and oxygen atoms in total. The molecule has 0 aliphatic rings. The largest absolute Gasteiger partial charge is 0.493 e. The van der Waals surface area contributed by atoms with Crippen LogP contribution < -0.4 is 14.8 Å². The van der Waals surface area contributed by atoms with Gasteiger partial charge in [-0.25, -0.2) is 0 Å². The first kappa shape index (κ1) is 15.3. The minimum absolute atomic E-state index is 0.497. The molecule has 0 fully saturated rings. The van der Waals surface area contributed by atoms with E-state index < -0.39 is 5.34 Å². The lowest BCUT2D eigenvalue weighted by Gasteiger charge is -2.26. The number of nitrogens with one attached hydrogen (secondary N) is 1. The van der Waals surface area contributed by atoms with Gasteiger partial charge in [0, 0.05) is 0 Å². The van der Waals surface area contributed by atoms with Crippen LogP contribution in [0.2, 0.25) is 0 Å². The smallest absolute Gasteiger partial charge is 0.174 e. The van der Waals surface area contributed by atoms with Gasteiger partial charge in [0.05, 0.1) is 34.8 Å². The fourth-order valence-electron chi connectivity index (χ4n) is 1.66. The monoisotopic (exact) mass is 261 g/mol. The van der Waals surface area contributed by atoms with E-state index in [2.05, 4.69) is 5.32 Å². The second-order valence-electron chi connectivity index (χ2n) is 4.00. The highest BCUT2D eigenvalue weighted by Gasteiger charge is 2.18. The van der Waals surface area contributed by atoms with Crippen molar-refractivity contribution in [2.75, 3.05) is 27.5 Å². The number of thioether (sulfide) groups is 1. The Bertz CT molecular complexity index is 388. The molecule has 0 bridgehead atoms. The van der Waals surface area contributed by atoms with Crippen molar-refractivity contribution >= 4 is 27.5 Å². The molecule has 0 saturated carbocycles. The lowest BCUT2D eigenvalue weighted by Crippen LogP contribution is -2.46. The first-order chi connectivity index (χ1) is 8.47. The molecule has 6 heteroatoms. The van der Waals surface area contributed by atoms with E-state index in [4.69, 9.17) is 25.2 Å². The molecule has 1 N–H and O–H groups in total. The van der Waals surface area contributed by atoms with Gasteiger partial charge in [-0.3, -0.25) is 0 Å². The lowest BCUT2D eigenvalue weighted by atomic mass is 9.59. The van der Waals surface area contributed by atoms with Crippen molar-refractivity contribution in [1.82, 2.24) is 5.32 Å². The zero-order chi connectivity index (χ0) is 13.8. The minimum atomic E-state index is -0.935. The standard InChI is InChI=1S/C12H17B2NO2S/c1-15-12(13,14)7-8-5-9(16-2)11(17-3)10(6-8)18-4/h5-6,15H,7H2,1-4H3. The van der Waals surface area contributed by atoms with Crippen LogP contribution >= 0.6 is 11.8 Å². The molecule has 18 heavy (non-hydrogen) atoms. The van der Waals surface area contributed by atoms with Gasteiger partial charge in [0.1, 0.15) is 0 Å². The Morgan fingerprint density at radius 2 is 1.94 bits per heavy atom. The highest BCUT2D eigenvalue weighted by molar-refractivity contribution is 7.98. The van der Waals surface area contributed by atoms with E-state index >= 15 is 0 Å². The Morgan fingerprint density at radius 3 is 2.39 bits per heavy atom. The summed E-state index contributed by atoms with van der Waals surface area (Å²) in [5.41, 5.74) is 0.997. The van der Waals surface area contributed by atoms with Gasteiger partial charge in [-0.2, -0.15) is 0 Å². The summed E-state index contributed by atoms with van der Waals surface area (Å²) in [6.45, 7) is 0. The van der Waals surface area contributed by atoms with Crippen molar-refractivity contribution in [1.29, 1.82) is 0 Å². The third kappa shape index (κ3) is 3.62. The zero-order valence-corrected chi connectivity index (χ0v) is 12.1. The van der Waals surface area contributed by atoms with Crippen LogP contribution in [-0.2, 0) is 6.42 Å². The molecule has 94 valence electrons. The number of hydrogen-bond acceptors (Lipinski definition) is 4. The third-order valence-electron chi connectivity index (χ3n) is 2.69. The summed E-state index contributed by atoms with van der Waals surface area (Å²) in [5, 5.41) is 1.93. The topological polar surface area (TPSA) is 30.5 Å². The number of hydrogen-bond donors (Lipinski definition) is 1. The maximum absolute atomic E-state index is 5.89. The van der Waals surface area contributed by atoms with Crippen molar-refractivity contribution in [2.45, 2.75) is 16.7 Å². The van der Waals surface area contributed by atoms with Gasteiger partial charge in [0.15, 0.2) is 11.5 Å². The molecule has 0 atom stereocenters. The molecule has 4 radical (unpaired) electrons. The Kier molecular flexibility index (Phi) is 5.47. The fourth-order valence-corrected chi connectivity index (χ4v) is 2.30. The molecule has 1 rings (SSSR count). The van der Waals surface area contributed by atoms with E-state index in [1.807, 2.05) is 18.4 Å². The van der Waals surface area contributed by atoms with Crippen molar-refractivity contribution in [3.8, 4) is 11.5 Å². The van der Waals surface area contributed by atoms with Crippen LogP contribution in [0.15, 0.2) is 17.0 Å². The Hall–Kier alpha value is -0.740. The van der Waals surface area contributed by atoms with Crippen LogP contribution in [0, 0.1) is 0 Å². The molecule has 0 unspecified atom stereocenters. The molecule has 0 saturated heterocycles. The number of rotatable bonds is 6. The van der Waals surface area contributed by atoms with Crippen LogP contribution in [0.3, 0.4) is 0 Å². The lowest BCUT2D eigenvalue weighted by molar-refractivity contribution is 0.347. The van der Waals surface area contributed by atoms with E-state index in [1.54, 1.807) is 33.0 Å². The Balaban J connectivity index is 3.15. The normalized spacial score (nSPS) is 11.3. The molecule has 0 aromatic heterocycles. The number of ether oxygens (including phenoxy) is 2. The predicted octanol–water partition coefficient (Wildman–Crippen LogP) is 1.18. The Morgan fingerprint density at radius 1 is 1.28 bits per heavy atom. The highest BCUT2D eigenvalue weighted by atomic mass is 32.2. The molecule has 1 aromatic carbocycles. The van der Waals surface area contributed by atoms with E-state index in [1.165, 1.54) is 0 Å². The molecular formula is C12H17B2NO2S. The van der Waals surface area contributed by atoms with Crippen molar-refractivity contribution < 1.29 is 9.47 Å². The first-order valence-electron chi connectivity index (χ1n) is 5.53. The van der Waals surface area contributed by atoms with Crippen LogP contribution in [0.1, 0.15) is 5.56 Å². The van der Waals surface area contributed by atoms with Crippen LogP contribution in [0.4, 0.5) is 0 Å².